The molecule has 4 heteroatoms. The molecule has 3 N–H and O–H groups in total. The van der Waals surface area contributed by atoms with Crippen LogP contribution >= 0.6 is 0 Å². The Labute approximate surface area is 95.3 Å². The first kappa shape index (κ1) is 11.1. The van der Waals surface area contributed by atoms with Gasteiger partial charge < -0.3 is 11.1 Å². The summed E-state index contributed by atoms with van der Waals surface area (Å²) in [4.78, 5) is 15.9. The van der Waals surface area contributed by atoms with Gasteiger partial charge in [0.05, 0.1) is 5.41 Å². The van der Waals surface area contributed by atoms with E-state index in [9.17, 15) is 4.79 Å². The molecule has 1 fully saturated rings. The molecule has 0 unspecified atom stereocenters. The number of nitrogens with two attached hydrogens (primary N) is 1. The van der Waals surface area contributed by atoms with Crippen LogP contribution in [0.25, 0.3) is 0 Å². The number of nitrogens with zero attached hydrogens (tertiary/aromatic N) is 1. The number of aryl methyl sites for hydroxylation is 1. The van der Waals surface area contributed by atoms with Crippen LogP contribution in [0, 0.1) is 12.3 Å². The highest BCUT2D eigenvalue weighted by Crippen LogP contribution is 2.44. The number of hydrogen-bond donors (Lipinski definition) is 2. The van der Waals surface area contributed by atoms with Crippen molar-refractivity contribution in [2.24, 2.45) is 11.1 Å². The minimum Gasteiger partial charge on any atom is -0.351 e. The summed E-state index contributed by atoms with van der Waals surface area (Å²) >= 11 is 0. The van der Waals surface area contributed by atoms with E-state index in [1.165, 1.54) is 0 Å². The number of carbonyl (C=O) groups excluding carboxylic acids is 1. The fourth-order valence-corrected chi connectivity index (χ4v) is 1.74. The maximum Gasteiger partial charge on any atom is 0.227 e. The molecule has 1 aliphatic carbocycles. The Bertz CT molecular complexity index is 399. The maximum absolute atomic E-state index is 11.8. The van der Waals surface area contributed by atoms with Crippen molar-refractivity contribution in [3.05, 3.63) is 29.6 Å². The molecule has 2 rings (SSSR count). The van der Waals surface area contributed by atoms with Crippen LogP contribution in [0.5, 0.6) is 0 Å². The van der Waals surface area contributed by atoms with Crippen LogP contribution < -0.4 is 11.1 Å². The smallest absolute Gasteiger partial charge is 0.227 e. The number of nitrogens with one attached hydrogen (secondary N) is 1. The van der Waals surface area contributed by atoms with Gasteiger partial charge in [-0.05, 0) is 37.0 Å². The van der Waals surface area contributed by atoms with Gasteiger partial charge in [-0.15, -0.1) is 0 Å². The number of pyridine rings is 1. The third kappa shape index (κ3) is 2.07. The molecule has 0 atom stereocenters. The topological polar surface area (TPSA) is 68.0 Å². The van der Waals surface area contributed by atoms with Crippen molar-refractivity contribution in [1.82, 2.24) is 10.3 Å². The highest BCUT2D eigenvalue weighted by molar-refractivity contribution is 5.85. The molecule has 0 aliphatic heterocycles. The molecule has 0 radical (unpaired) electrons. The molecule has 0 saturated heterocycles. The highest BCUT2D eigenvalue weighted by atomic mass is 16.2. The quantitative estimate of drug-likeness (QED) is 0.785. The number of rotatable bonds is 4. The molecular weight excluding hydrogens is 202 g/mol. The van der Waals surface area contributed by atoms with Gasteiger partial charge in [0, 0.05) is 25.5 Å². The van der Waals surface area contributed by atoms with Crippen LogP contribution in [0.1, 0.15) is 24.0 Å². The second kappa shape index (κ2) is 4.22. The molecule has 1 aromatic heterocycles. The van der Waals surface area contributed by atoms with E-state index in [2.05, 4.69) is 10.3 Å². The van der Waals surface area contributed by atoms with Crippen LogP contribution in [-0.2, 0) is 11.3 Å². The van der Waals surface area contributed by atoms with E-state index in [4.69, 9.17) is 5.73 Å². The Kier molecular flexibility index (Phi) is 2.92. The van der Waals surface area contributed by atoms with Gasteiger partial charge >= 0.3 is 0 Å². The molecule has 1 aliphatic rings. The predicted octanol–water partition coefficient (Wildman–Crippen LogP) is 0.745. The van der Waals surface area contributed by atoms with Crippen molar-refractivity contribution < 1.29 is 4.79 Å². The number of hydrogen-bond acceptors (Lipinski definition) is 3. The van der Waals surface area contributed by atoms with Crippen LogP contribution in [0.3, 0.4) is 0 Å². The third-order valence-electron chi connectivity index (χ3n) is 3.30. The van der Waals surface area contributed by atoms with Crippen LogP contribution in [0.2, 0.25) is 0 Å². The highest BCUT2D eigenvalue weighted by Gasteiger charge is 2.48. The molecule has 1 aromatic rings. The van der Waals surface area contributed by atoms with Gasteiger partial charge in [-0.25, -0.2) is 0 Å². The standard InChI is InChI=1S/C12H17N3O/c1-9-6-14-5-2-10(9)7-15-11(16)12(8-13)3-4-12/h2,5-6H,3-4,7-8,13H2,1H3,(H,15,16). The fraction of sp³-hybridized carbons (Fsp3) is 0.500. The molecule has 16 heavy (non-hydrogen) atoms. The van der Waals surface area contributed by atoms with Crippen molar-refractivity contribution in [1.29, 1.82) is 0 Å². The van der Waals surface area contributed by atoms with E-state index in [0.717, 1.165) is 24.0 Å². The second-order valence-electron chi connectivity index (χ2n) is 4.47. The zero-order valence-corrected chi connectivity index (χ0v) is 9.49. The Hall–Kier alpha value is -1.42. The Morgan fingerprint density at radius 1 is 1.62 bits per heavy atom. The number of carbonyl (C=O) groups is 1. The predicted molar refractivity (Wildman–Crippen MR) is 61.5 cm³/mol. The molecule has 1 saturated carbocycles. The van der Waals surface area contributed by atoms with Gasteiger partial charge in [0.15, 0.2) is 0 Å². The first-order chi connectivity index (χ1) is 7.68. The lowest BCUT2D eigenvalue weighted by molar-refractivity contribution is -0.126. The maximum atomic E-state index is 11.8. The lowest BCUT2D eigenvalue weighted by atomic mass is 10.1. The number of amides is 1. The van der Waals surface area contributed by atoms with Gasteiger partial charge in [0.2, 0.25) is 5.91 Å². The SMILES string of the molecule is Cc1cnccc1CNC(=O)C1(CN)CC1. The van der Waals surface area contributed by atoms with Crippen molar-refractivity contribution in [3.8, 4) is 0 Å². The summed E-state index contributed by atoms with van der Waals surface area (Å²) in [6.07, 6.45) is 5.39. The minimum atomic E-state index is -0.263. The molecule has 86 valence electrons. The van der Waals surface area contributed by atoms with E-state index in [1.54, 1.807) is 12.4 Å². The van der Waals surface area contributed by atoms with Crippen LogP contribution in [0.15, 0.2) is 18.5 Å². The van der Waals surface area contributed by atoms with Gasteiger partial charge in [-0.3, -0.25) is 9.78 Å². The lowest BCUT2D eigenvalue weighted by Crippen LogP contribution is -2.36. The molecule has 0 spiro atoms. The molecule has 1 heterocycles. The monoisotopic (exact) mass is 219 g/mol. The first-order valence-corrected chi connectivity index (χ1v) is 5.56. The Balaban J connectivity index is 1.93. The van der Waals surface area contributed by atoms with Crippen LogP contribution in [0.4, 0.5) is 0 Å². The molecular formula is C12H17N3O. The van der Waals surface area contributed by atoms with Gasteiger partial charge in [-0.2, -0.15) is 0 Å². The molecule has 4 nitrogen and oxygen atoms in total. The molecule has 0 bridgehead atoms. The zero-order chi connectivity index (χ0) is 11.6. The van der Waals surface area contributed by atoms with Crippen molar-refractivity contribution in [3.63, 3.8) is 0 Å². The Morgan fingerprint density at radius 2 is 2.38 bits per heavy atom. The summed E-state index contributed by atoms with van der Waals surface area (Å²) in [5.74, 6) is 0.0891. The van der Waals surface area contributed by atoms with Gasteiger partial charge in [0.1, 0.15) is 0 Å². The van der Waals surface area contributed by atoms with Crippen molar-refractivity contribution in [2.75, 3.05) is 6.54 Å². The first-order valence-electron chi connectivity index (χ1n) is 5.56. The molecule has 1 amide bonds. The Morgan fingerprint density at radius 3 is 2.94 bits per heavy atom. The van der Waals surface area contributed by atoms with E-state index in [1.807, 2.05) is 13.0 Å². The summed E-state index contributed by atoms with van der Waals surface area (Å²) in [5, 5.41) is 2.95. The summed E-state index contributed by atoms with van der Waals surface area (Å²) in [6, 6.07) is 1.93. The minimum absolute atomic E-state index is 0.0891. The summed E-state index contributed by atoms with van der Waals surface area (Å²) in [6.45, 7) is 3.01. The van der Waals surface area contributed by atoms with Crippen LogP contribution in [-0.4, -0.2) is 17.4 Å². The van der Waals surface area contributed by atoms with E-state index in [0.29, 0.717) is 13.1 Å². The fourth-order valence-electron chi connectivity index (χ4n) is 1.74. The van der Waals surface area contributed by atoms with Crippen molar-refractivity contribution in [2.45, 2.75) is 26.3 Å². The summed E-state index contributed by atoms with van der Waals surface area (Å²) in [5.41, 5.74) is 7.54. The lowest BCUT2D eigenvalue weighted by Gasteiger charge is -2.13. The second-order valence-corrected chi connectivity index (χ2v) is 4.47. The average molecular weight is 219 g/mol. The molecule has 0 aromatic carbocycles. The van der Waals surface area contributed by atoms with E-state index in [-0.39, 0.29) is 11.3 Å². The van der Waals surface area contributed by atoms with E-state index < -0.39 is 0 Å². The number of aromatic nitrogens is 1. The largest absolute Gasteiger partial charge is 0.351 e. The third-order valence-corrected chi connectivity index (χ3v) is 3.30. The summed E-state index contributed by atoms with van der Waals surface area (Å²) < 4.78 is 0. The normalized spacial score (nSPS) is 16.9. The zero-order valence-electron chi connectivity index (χ0n) is 9.49. The van der Waals surface area contributed by atoms with Gasteiger partial charge in [-0.1, -0.05) is 0 Å². The summed E-state index contributed by atoms with van der Waals surface area (Å²) in [7, 11) is 0. The van der Waals surface area contributed by atoms with Crippen molar-refractivity contribution >= 4 is 5.91 Å². The van der Waals surface area contributed by atoms with Gasteiger partial charge in [0.25, 0.3) is 0 Å². The van der Waals surface area contributed by atoms with E-state index >= 15 is 0 Å². The average Bonchev–Trinajstić information content (AvgIpc) is 3.08.